The Balaban J connectivity index is 1.86. The predicted octanol–water partition coefficient (Wildman–Crippen LogP) is 3.69. The summed E-state index contributed by atoms with van der Waals surface area (Å²) in [5, 5.41) is 6.52. The van der Waals surface area contributed by atoms with Crippen LogP contribution in [0.15, 0.2) is 30.4 Å². The lowest BCUT2D eigenvalue weighted by atomic mass is 9.97. The van der Waals surface area contributed by atoms with Crippen LogP contribution in [0.2, 0.25) is 0 Å². The molecule has 20 heavy (non-hydrogen) atoms. The molecule has 0 atom stereocenters. The van der Waals surface area contributed by atoms with Gasteiger partial charge in [0.2, 0.25) is 5.95 Å². The quantitative estimate of drug-likeness (QED) is 0.743. The largest absolute Gasteiger partial charge is 0.366 e. The van der Waals surface area contributed by atoms with Crippen molar-refractivity contribution in [3.63, 3.8) is 0 Å². The van der Waals surface area contributed by atoms with Gasteiger partial charge in [0, 0.05) is 24.8 Å². The van der Waals surface area contributed by atoms with Gasteiger partial charge in [-0.05, 0) is 39.0 Å². The number of nitrogens with one attached hydrogen (secondary N) is 2. The van der Waals surface area contributed by atoms with E-state index in [1.54, 1.807) is 5.57 Å². The predicted molar refractivity (Wildman–Crippen MR) is 85.1 cm³/mol. The highest BCUT2D eigenvalue weighted by Crippen LogP contribution is 2.20. The van der Waals surface area contributed by atoms with Crippen molar-refractivity contribution >= 4 is 11.8 Å². The van der Waals surface area contributed by atoms with Crippen molar-refractivity contribution in [3.05, 3.63) is 36.1 Å². The van der Waals surface area contributed by atoms with E-state index >= 15 is 0 Å². The Morgan fingerprint density at radius 3 is 2.95 bits per heavy atom. The van der Waals surface area contributed by atoms with E-state index in [1.165, 1.54) is 25.7 Å². The highest BCUT2D eigenvalue weighted by atomic mass is 15.1. The molecule has 0 aliphatic heterocycles. The molecular weight excluding hydrogens is 248 g/mol. The van der Waals surface area contributed by atoms with Gasteiger partial charge in [0.1, 0.15) is 5.82 Å². The number of nitrogens with zero attached hydrogens (tertiary/aromatic N) is 2. The zero-order chi connectivity index (χ0) is 14.2. The molecule has 1 aromatic rings. The topological polar surface area (TPSA) is 49.8 Å². The van der Waals surface area contributed by atoms with Gasteiger partial charge in [-0.25, -0.2) is 4.98 Å². The molecule has 108 valence electrons. The van der Waals surface area contributed by atoms with Gasteiger partial charge in [0.15, 0.2) is 0 Å². The first kappa shape index (κ1) is 14.6. The summed E-state index contributed by atoms with van der Waals surface area (Å²) in [6.45, 7) is 7.29. The van der Waals surface area contributed by atoms with Gasteiger partial charge in [0.25, 0.3) is 0 Å². The summed E-state index contributed by atoms with van der Waals surface area (Å²) in [4.78, 5) is 8.87. The van der Waals surface area contributed by atoms with E-state index in [0.717, 1.165) is 24.5 Å². The highest BCUT2D eigenvalue weighted by Gasteiger charge is 2.05. The lowest BCUT2D eigenvalue weighted by molar-refractivity contribution is 0.679. The molecule has 1 heterocycles. The number of allylic oxidation sites excluding steroid dienone is 1. The Labute approximate surface area is 121 Å². The van der Waals surface area contributed by atoms with Crippen LogP contribution in [0.3, 0.4) is 0 Å². The Morgan fingerprint density at radius 1 is 1.30 bits per heavy atom. The average Bonchev–Trinajstić information content (AvgIpc) is 2.46. The summed E-state index contributed by atoms with van der Waals surface area (Å²) in [5.74, 6) is 1.55. The third kappa shape index (κ3) is 4.68. The first-order valence-electron chi connectivity index (χ1n) is 7.40. The molecule has 1 aliphatic carbocycles. The maximum Gasteiger partial charge on any atom is 0.224 e. The summed E-state index contributed by atoms with van der Waals surface area (Å²) in [5.41, 5.74) is 2.53. The van der Waals surface area contributed by atoms with Gasteiger partial charge in [0.05, 0.1) is 0 Å². The van der Waals surface area contributed by atoms with Crippen LogP contribution < -0.4 is 10.6 Å². The average molecular weight is 272 g/mol. The number of rotatable bonds is 7. The van der Waals surface area contributed by atoms with Crippen molar-refractivity contribution in [3.8, 4) is 0 Å². The molecule has 2 N–H and O–H groups in total. The van der Waals surface area contributed by atoms with E-state index in [4.69, 9.17) is 0 Å². The van der Waals surface area contributed by atoms with Crippen LogP contribution in [0.4, 0.5) is 11.8 Å². The number of hydrogen-bond donors (Lipinski definition) is 2. The van der Waals surface area contributed by atoms with Gasteiger partial charge in [-0.15, -0.1) is 6.58 Å². The van der Waals surface area contributed by atoms with Crippen LogP contribution in [-0.4, -0.2) is 23.1 Å². The van der Waals surface area contributed by atoms with Crippen molar-refractivity contribution in [1.82, 2.24) is 9.97 Å². The zero-order valence-corrected chi connectivity index (χ0v) is 12.3. The van der Waals surface area contributed by atoms with Crippen LogP contribution in [0.1, 0.15) is 37.8 Å². The minimum Gasteiger partial charge on any atom is -0.366 e. The third-order valence-corrected chi connectivity index (χ3v) is 3.40. The monoisotopic (exact) mass is 272 g/mol. The maximum absolute atomic E-state index is 4.45. The van der Waals surface area contributed by atoms with E-state index in [2.05, 4.69) is 33.3 Å². The lowest BCUT2D eigenvalue weighted by Gasteiger charge is -2.13. The molecule has 2 rings (SSSR count). The van der Waals surface area contributed by atoms with Crippen LogP contribution in [0.5, 0.6) is 0 Å². The number of aromatic nitrogens is 2. The summed E-state index contributed by atoms with van der Waals surface area (Å²) < 4.78 is 0. The fraction of sp³-hybridized carbons (Fsp3) is 0.500. The molecule has 0 saturated heterocycles. The van der Waals surface area contributed by atoms with E-state index in [1.807, 2.05) is 19.1 Å². The SMILES string of the molecule is C=CCNc1cc(C)nc(NCCC2=CCCCC2)n1. The second kappa shape index (κ2) is 7.68. The molecule has 1 aliphatic rings. The Morgan fingerprint density at radius 2 is 2.20 bits per heavy atom. The lowest BCUT2D eigenvalue weighted by Crippen LogP contribution is -2.10. The van der Waals surface area contributed by atoms with Crippen LogP contribution in [-0.2, 0) is 0 Å². The van der Waals surface area contributed by atoms with Crippen LogP contribution in [0, 0.1) is 6.92 Å². The van der Waals surface area contributed by atoms with E-state index in [9.17, 15) is 0 Å². The number of aryl methyl sites for hydroxylation is 1. The van der Waals surface area contributed by atoms with E-state index in [-0.39, 0.29) is 0 Å². The van der Waals surface area contributed by atoms with Crippen molar-refractivity contribution in [2.24, 2.45) is 0 Å². The molecule has 0 unspecified atom stereocenters. The van der Waals surface area contributed by atoms with Crippen LogP contribution >= 0.6 is 0 Å². The zero-order valence-electron chi connectivity index (χ0n) is 12.3. The molecule has 0 saturated carbocycles. The first-order chi connectivity index (χ1) is 9.78. The molecule has 4 nitrogen and oxygen atoms in total. The second-order valence-corrected chi connectivity index (χ2v) is 5.17. The molecule has 0 spiro atoms. The molecule has 0 fully saturated rings. The highest BCUT2D eigenvalue weighted by molar-refractivity contribution is 5.42. The maximum atomic E-state index is 4.45. The van der Waals surface area contributed by atoms with Crippen molar-refractivity contribution in [2.45, 2.75) is 39.0 Å². The summed E-state index contributed by atoms with van der Waals surface area (Å²) >= 11 is 0. The fourth-order valence-corrected chi connectivity index (χ4v) is 2.38. The van der Waals surface area contributed by atoms with Gasteiger partial charge < -0.3 is 10.6 Å². The summed E-state index contributed by atoms with van der Waals surface area (Å²) in [6.07, 6.45) is 10.5. The number of hydrogen-bond acceptors (Lipinski definition) is 4. The van der Waals surface area contributed by atoms with Gasteiger partial charge in [-0.3, -0.25) is 0 Å². The van der Waals surface area contributed by atoms with Crippen molar-refractivity contribution < 1.29 is 0 Å². The second-order valence-electron chi connectivity index (χ2n) is 5.17. The van der Waals surface area contributed by atoms with E-state index < -0.39 is 0 Å². The van der Waals surface area contributed by atoms with Gasteiger partial charge in [-0.1, -0.05) is 17.7 Å². The standard InChI is InChI=1S/C16H24N4/c1-3-10-17-15-12-13(2)19-16(20-15)18-11-9-14-7-5-4-6-8-14/h3,7,12H,1,4-6,8-11H2,2H3,(H2,17,18,19,20). The normalized spacial score (nSPS) is 14.6. The minimum absolute atomic E-state index is 0.702. The Kier molecular flexibility index (Phi) is 5.59. The molecule has 0 aromatic carbocycles. The fourth-order valence-electron chi connectivity index (χ4n) is 2.38. The first-order valence-corrected chi connectivity index (χ1v) is 7.40. The third-order valence-electron chi connectivity index (χ3n) is 3.40. The van der Waals surface area contributed by atoms with Crippen molar-refractivity contribution in [1.29, 1.82) is 0 Å². The van der Waals surface area contributed by atoms with Gasteiger partial charge >= 0.3 is 0 Å². The molecular formula is C16H24N4. The van der Waals surface area contributed by atoms with Gasteiger partial charge in [-0.2, -0.15) is 4.98 Å². The summed E-state index contributed by atoms with van der Waals surface area (Å²) in [7, 11) is 0. The Hall–Kier alpha value is -1.84. The smallest absolute Gasteiger partial charge is 0.224 e. The Bertz CT molecular complexity index is 479. The van der Waals surface area contributed by atoms with Crippen molar-refractivity contribution in [2.75, 3.05) is 23.7 Å². The summed E-state index contributed by atoms with van der Waals surface area (Å²) in [6, 6.07) is 1.94. The molecule has 0 bridgehead atoms. The number of anilines is 2. The van der Waals surface area contributed by atoms with Crippen LogP contribution in [0.25, 0.3) is 0 Å². The molecule has 0 amide bonds. The molecule has 1 aromatic heterocycles. The molecule has 0 radical (unpaired) electrons. The minimum atomic E-state index is 0.702. The molecule has 4 heteroatoms. The van der Waals surface area contributed by atoms with E-state index in [0.29, 0.717) is 12.5 Å².